The van der Waals surface area contributed by atoms with E-state index in [0.29, 0.717) is 0 Å². The topological polar surface area (TPSA) is 63.2 Å². The van der Waals surface area contributed by atoms with Crippen LogP contribution in [0.25, 0.3) is 0 Å². The molecule has 3 nitrogen and oxygen atoms in total. The van der Waals surface area contributed by atoms with Crippen molar-refractivity contribution >= 4 is 6.16 Å². The molecule has 0 fully saturated rings. The summed E-state index contributed by atoms with van der Waals surface area (Å²) in [5.41, 5.74) is 0. The maximum atomic E-state index is 8.33. The van der Waals surface area contributed by atoms with Gasteiger partial charge in [-0.25, -0.2) is 0 Å². The van der Waals surface area contributed by atoms with Crippen LogP contribution < -0.4 is 10.2 Å². The smallest absolute Gasteiger partial charge is 0 e. The Morgan fingerprint density at radius 2 is 1.40 bits per heavy atom. The van der Waals surface area contributed by atoms with E-state index < -0.39 is 6.16 Å². The van der Waals surface area contributed by atoms with Gasteiger partial charge in [-0.15, -0.1) is 0 Å². The van der Waals surface area contributed by atoms with Crippen LogP contribution in [0.15, 0.2) is 0 Å². The Hall–Kier alpha value is -0.107. The standard InChI is InChI=1S/CH2O3.Zn/c2-1(3)4;/h(H2,2,3,4);/p-2. The summed E-state index contributed by atoms with van der Waals surface area (Å²) in [5, 5.41) is 16.7. The van der Waals surface area contributed by atoms with E-state index in [0.717, 1.165) is 0 Å². The molecular weight excluding hydrogens is 125 g/mol. The molecule has 26 valence electrons. The number of hydrogen-bond donors (Lipinski definition) is 0. The summed E-state index contributed by atoms with van der Waals surface area (Å²) in [5.74, 6) is 0. The Bertz CT molecular complexity index is 29.9. The quantitative estimate of drug-likeness (QED) is 0.338. The summed E-state index contributed by atoms with van der Waals surface area (Å²) in [6.07, 6.45) is -2.33. The third kappa shape index (κ3) is 1230. The van der Waals surface area contributed by atoms with Crippen molar-refractivity contribution in [2.24, 2.45) is 0 Å². The van der Waals surface area contributed by atoms with E-state index in [2.05, 4.69) is 0 Å². The molecule has 0 unspecified atom stereocenters. The Morgan fingerprint density at radius 3 is 1.40 bits per heavy atom. The third-order valence-corrected chi connectivity index (χ3v) is 0. The van der Waals surface area contributed by atoms with Gasteiger partial charge < -0.3 is 15.0 Å². The van der Waals surface area contributed by atoms with Gasteiger partial charge in [0.25, 0.3) is 0 Å². The molecule has 0 saturated carbocycles. The molecule has 0 saturated heterocycles. The van der Waals surface area contributed by atoms with E-state index in [9.17, 15) is 0 Å². The molecule has 0 bridgehead atoms. The Balaban J connectivity index is 0. The van der Waals surface area contributed by atoms with E-state index >= 15 is 0 Å². The van der Waals surface area contributed by atoms with Crippen LogP contribution >= 0.6 is 0 Å². The molecule has 0 atom stereocenters. The summed E-state index contributed by atoms with van der Waals surface area (Å²) in [6.45, 7) is 0. The molecule has 0 aromatic rings. The molecule has 0 rings (SSSR count). The van der Waals surface area contributed by atoms with Crippen LogP contribution in [0.3, 0.4) is 0 Å². The monoisotopic (exact) mass is 124 g/mol. The van der Waals surface area contributed by atoms with Gasteiger partial charge in [-0.3, -0.25) is 0 Å². The Morgan fingerprint density at radius 1 is 1.40 bits per heavy atom. The zero-order chi connectivity index (χ0) is 3.58. The minimum Gasteiger partial charge on any atom is -0.652 e. The summed E-state index contributed by atoms with van der Waals surface area (Å²) < 4.78 is 0. The first kappa shape index (κ1) is 8.86. The van der Waals surface area contributed by atoms with Crippen LogP contribution in [-0.2, 0) is 19.5 Å². The van der Waals surface area contributed by atoms with Gasteiger partial charge in [0.1, 0.15) is 0 Å². The van der Waals surface area contributed by atoms with Crippen molar-refractivity contribution in [2.45, 2.75) is 0 Å². The van der Waals surface area contributed by atoms with Crippen molar-refractivity contribution < 1.29 is 34.5 Å². The fraction of sp³-hybridized carbons (Fsp3) is 0. The number of carbonyl (C=O) groups excluding carboxylic acids is 1. The van der Waals surface area contributed by atoms with Crippen molar-refractivity contribution in [1.82, 2.24) is 0 Å². The molecule has 0 aromatic carbocycles. The predicted molar refractivity (Wildman–Crippen MR) is 5.40 cm³/mol. The zero-order valence-corrected chi connectivity index (χ0v) is 5.40. The van der Waals surface area contributed by atoms with Crippen molar-refractivity contribution in [3.05, 3.63) is 0 Å². The van der Waals surface area contributed by atoms with Crippen LogP contribution in [0.1, 0.15) is 0 Å². The van der Waals surface area contributed by atoms with Crippen molar-refractivity contribution in [2.75, 3.05) is 0 Å². The van der Waals surface area contributed by atoms with Crippen molar-refractivity contribution in [1.29, 1.82) is 0 Å². The first-order valence-corrected chi connectivity index (χ1v) is 0.612. The van der Waals surface area contributed by atoms with Gasteiger partial charge in [-0.05, 0) is 6.16 Å². The maximum absolute atomic E-state index is 8.33. The van der Waals surface area contributed by atoms with Gasteiger partial charge in [-0.2, -0.15) is 0 Å². The number of carboxylic acid groups (broad SMARTS) is 2. The average Bonchev–Trinajstić information content (AvgIpc) is 0.811. The van der Waals surface area contributed by atoms with Crippen molar-refractivity contribution in [3.63, 3.8) is 0 Å². The van der Waals surface area contributed by atoms with Crippen LogP contribution in [-0.4, -0.2) is 6.16 Å². The largest absolute Gasteiger partial charge is 0.652 e. The molecule has 0 N–H and O–H groups in total. The maximum Gasteiger partial charge on any atom is 0 e. The number of carbonyl (C=O) groups is 1. The molecule has 0 heterocycles. The van der Waals surface area contributed by atoms with Gasteiger partial charge >= 0.3 is 0 Å². The molecule has 0 aliphatic rings. The molecule has 0 radical (unpaired) electrons. The minimum atomic E-state index is -2.33. The second kappa shape index (κ2) is 3.89. The van der Waals surface area contributed by atoms with Gasteiger partial charge in [0.05, 0.1) is 0 Å². The molecule has 0 aromatic heterocycles. The minimum absolute atomic E-state index is 0. The molecule has 0 amide bonds. The third-order valence-electron chi connectivity index (χ3n) is 0. The summed E-state index contributed by atoms with van der Waals surface area (Å²) in [7, 11) is 0. The molecule has 0 aliphatic heterocycles. The molecule has 5 heavy (non-hydrogen) atoms. The van der Waals surface area contributed by atoms with Gasteiger partial charge in [-0.1, -0.05) is 0 Å². The summed E-state index contributed by atoms with van der Waals surface area (Å²) in [4.78, 5) is 8.33. The number of hydrogen-bond acceptors (Lipinski definition) is 3. The van der Waals surface area contributed by atoms with Crippen LogP contribution in [0.2, 0.25) is 0 Å². The molecular formula is CO3Zn-2. The fourth-order valence-corrected chi connectivity index (χ4v) is 0. The van der Waals surface area contributed by atoms with E-state index in [4.69, 9.17) is 15.0 Å². The first-order valence-electron chi connectivity index (χ1n) is 0.612. The summed E-state index contributed by atoms with van der Waals surface area (Å²) >= 11 is 0. The first-order chi connectivity index (χ1) is 1.73. The second-order valence-electron chi connectivity index (χ2n) is 0.250. The fourth-order valence-electron chi connectivity index (χ4n) is 0. The van der Waals surface area contributed by atoms with Crippen molar-refractivity contribution in [3.8, 4) is 0 Å². The van der Waals surface area contributed by atoms with E-state index in [-0.39, 0.29) is 19.5 Å². The van der Waals surface area contributed by atoms with Gasteiger partial charge in [0, 0.05) is 19.5 Å². The van der Waals surface area contributed by atoms with E-state index in [1.807, 2.05) is 0 Å². The van der Waals surface area contributed by atoms with Gasteiger partial charge in [0.15, 0.2) is 0 Å². The number of rotatable bonds is 0. The van der Waals surface area contributed by atoms with E-state index in [1.165, 1.54) is 0 Å². The van der Waals surface area contributed by atoms with Crippen LogP contribution in [0.4, 0.5) is 4.79 Å². The normalized spacial score (nSPS) is 4.80. The zero-order valence-electron chi connectivity index (χ0n) is 2.43. The van der Waals surface area contributed by atoms with Crippen LogP contribution in [0, 0.1) is 0 Å². The predicted octanol–water partition coefficient (Wildman–Crippen LogP) is -2.45. The Labute approximate surface area is 41.4 Å². The molecule has 0 aliphatic carbocycles. The molecule has 4 heteroatoms. The van der Waals surface area contributed by atoms with Crippen LogP contribution in [0.5, 0.6) is 0 Å². The second-order valence-corrected chi connectivity index (χ2v) is 0.250. The van der Waals surface area contributed by atoms with E-state index in [1.54, 1.807) is 0 Å². The van der Waals surface area contributed by atoms with Gasteiger partial charge in [0.2, 0.25) is 0 Å². The molecule has 0 spiro atoms. The SMILES string of the molecule is O=C([O-])[O-].[Zn]. The summed E-state index contributed by atoms with van der Waals surface area (Å²) in [6, 6.07) is 0. The average molecular weight is 125 g/mol. The Kier molecular flexibility index (Phi) is 6.90.